The minimum atomic E-state index is -0.686. The average Bonchev–Trinajstić information content (AvgIpc) is 2.52. The van der Waals surface area contributed by atoms with Crippen LogP contribution >= 0.6 is 0 Å². The Kier molecular flexibility index (Phi) is 5.98. The summed E-state index contributed by atoms with van der Waals surface area (Å²) in [4.78, 5) is 12.7. The van der Waals surface area contributed by atoms with Crippen molar-refractivity contribution in [3.05, 3.63) is 35.9 Å². The van der Waals surface area contributed by atoms with Gasteiger partial charge in [0.05, 0.1) is 18.0 Å². The Hall–Kier alpha value is -2.08. The van der Waals surface area contributed by atoms with E-state index in [1.807, 2.05) is 6.92 Å². The number of aromatic nitrogens is 3. The first-order valence-corrected chi connectivity index (χ1v) is 7.74. The van der Waals surface area contributed by atoms with Gasteiger partial charge >= 0.3 is 0 Å². The number of pyridine rings is 1. The molecule has 2 unspecified atom stereocenters. The van der Waals surface area contributed by atoms with Crippen molar-refractivity contribution in [3.63, 3.8) is 0 Å². The van der Waals surface area contributed by atoms with Gasteiger partial charge in [-0.15, -0.1) is 0 Å². The molecular weight excluding hydrogens is 295 g/mol. The van der Waals surface area contributed by atoms with E-state index in [0.29, 0.717) is 35.5 Å². The first-order chi connectivity index (χ1) is 11.0. The van der Waals surface area contributed by atoms with Crippen LogP contribution in [0.15, 0.2) is 24.4 Å². The molecule has 0 aliphatic carbocycles. The highest BCUT2D eigenvalue weighted by Gasteiger charge is 2.12. The lowest BCUT2D eigenvalue weighted by Crippen LogP contribution is -2.21. The highest BCUT2D eigenvalue weighted by atomic mass is 19.1. The number of hydrogen-bond donors (Lipinski definition) is 1. The fourth-order valence-corrected chi connectivity index (χ4v) is 2.39. The predicted octanol–water partition coefficient (Wildman–Crippen LogP) is 3.07. The average molecular weight is 318 g/mol. The van der Waals surface area contributed by atoms with E-state index in [4.69, 9.17) is 10.5 Å². The van der Waals surface area contributed by atoms with Crippen molar-refractivity contribution >= 4 is 0 Å². The lowest BCUT2D eigenvalue weighted by molar-refractivity contribution is 0.241. The first kappa shape index (κ1) is 17.3. The molecule has 2 aromatic heterocycles. The van der Waals surface area contributed by atoms with E-state index < -0.39 is 6.67 Å². The minimum absolute atomic E-state index is 0.121. The zero-order valence-electron chi connectivity index (χ0n) is 13.8. The molecular formula is C17H23FN4O. The highest BCUT2D eigenvalue weighted by Crippen LogP contribution is 2.23. The summed E-state index contributed by atoms with van der Waals surface area (Å²) in [5.41, 5.74) is 7.34. The van der Waals surface area contributed by atoms with Gasteiger partial charge < -0.3 is 10.5 Å². The summed E-state index contributed by atoms with van der Waals surface area (Å²) >= 11 is 0. The fraction of sp³-hybridized carbons (Fsp3) is 0.471. The highest BCUT2D eigenvalue weighted by molar-refractivity contribution is 5.55. The minimum Gasteiger partial charge on any atom is -0.491 e. The molecule has 0 fully saturated rings. The fourth-order valence-electron chi connectivity index (χ4n) is 2.39. The summed E-state index contributed by atoms with van der Waals surface area (Å²) in [6, 6.07) is 5.40. The second-order valence-corrected chi connectivity index (χ2v) is 5.89. The van der Waals surface area contributed by atoms with Crippen LogP contribution in [0.1, 0.15) is 31.8 Å². The lowest BCUT2D eigenvalue weighted by atomic mass is 10.0. The van der Waals surface area contributed by atoms with Crippen molar-refractivity contribution in [2.24, 2.45) is 11.7 Å². The summed E-state index contributed by atoms with van der Waals surface area (Å²) in [5, 5.41) is 0. The summed E-state index contributed by atoms with van der Waals surface area (Å²) in [5.74, 6) is 1.42. The van der Waals surface area contributed by atoms with Gasteiger partial charge in [-0.2, -0.15) is 0 Å². The molecule has 0 radical (unpaired) electrons. The number of nitrogens with two attached hydrogens (primary N) is 1. The molecule has 2 aromatic rings. The van der Waals surface area contributed by atoms with E-state index >= 15 is 0 Å². The maximum absolute atomic E-state index is 13.3. The van der Waals surface area contributed by atoms with Crippen LogP contribution in [0.25, 0.3) is 11.4 Å². The number of alkyl halides is 1. The Balaban J connectivity index is 2.13. The van der Waals surface area contributed by atoms with Gasteiger partial charge in [0.2, 0.25) is 0 Å². The standard InChI is InChI=1S/C17H23FN4O/c1-11(8-12(2)19)10-23-17-5-4-14(22-16(17)9-18)15-6-7-20-13(3)21-15/h4-7,11-12H,8-10,19H2,1-3H3. The maximum atomic E-state index is 13.3. The number of nitrogens with zero attached hydrogens (tertiary/aromatic N) is 3. The van der Waals surface area contributed by atoms with Gasteiger partial charge in [0.1, 0.15) is 23.9 Å². The maximum Gasteiger partial charge on any atom is 0.143 e. The van der Waals surface area contributed by atoms with Crippen molar-refractivity contribution in [2.45, 2.75) is 39.9 Å². The molecule has 0 aliphatic heterocycles. The quantitative estimate of drug-likeness (QED) is 0.849. The second-order valence-electron chi connectivity index (χ2n) is 5.89. The van der Waals surface area contributed by atoms with Crippen molar-refractivity contribution in [3.8, 4) is 17.1 Å². The normalized spacial score (nSPS) is 13.6. The van der Waals surface area contributed by atoms with Crippen LogP contribution in [0.5, 0.6) is 5.75 Å². The molecule has 0 amide bonds. The number of ether oxygens (including phenoxy) is 1. The third kappa shape index (κ3) is 4.96. The smallest absolute Gasteiger partial charge is 0.143 e. The number of hydrogen-bond acceptors (Lipinski definition) is 5. The Bertz CT molecular complexity index is 648. The third-order valence-electron chi connectivity index (χ3n) is 3.39. The summed E-state index contributed by atoms with van der Waals surface area (Å²) in [6.45, 7) is 5.63. The van der Waals surface area contributed by atoms with Gasteiger partial charge in [0.25, 0.3) is 0 Å². The predicted molar refractivity (Wildman–Crippen MR) is 87.7 cm³/mol. The molecule has 2 rings (SSSR count). The van der Waals surface area contributed by atoms with Gasteiger partial charge in [-0.05, 0) is 44.4 Å². The zero-order chi connectivity index (χ0) is 16.8. The molecule has 0 saturated heterocycles. The monoisotopic (exact) mass is 318 g/mol. The van der Waals surface area contributed by atoms with Crippen LogP contribution in [-0.2, 0) is 6.67 Å². The summed E-state index contributed by atoms with van der Waals surface area (Å²) in [6.07, 6.45) is 2.52. The van der Waals surface area contributed by atoms with Gasteiger partial charge in [0.15, 0.2) is 0 Å². The topological polar surface area (TPSA) is 73.9 Å². The van der Waals surface area contributed by atoms with E-state index in [1.54, 1.807) is 31.3 Å². The van der Waals surface area contributed by atoms with Gasteiger partial charge in [-0.25, -0.2) is 19.3 Å². The number of halogens is 1. The number of aryl methyl sites for hydroxylation is 1. The van der Waals surface area contributed by atoms with Crippen LogP contribution in [-0.4, -0.2) is 27.6 Å². The molecule has 2 N–H and O–H groups in total. The van der Waals surface area contributed by atoms with E-state index in [0.717, 1.165) is 6.42 Å². The lowest BCUT2D eigenvalue weighted by Gasteiger charge is -2.16. The van der Waals surface area contributed by atoms with Crippen LogP contribution in [0.2, 0.25) is 0 Å². The molecule has 2 atom stereocenters. The van der Waals surface area contributed by atoms with Crippen molar-refractivity contribution in [2.75, 3.05) is 6.61 Å². The van der Waals surface area contributed by atoms with Crippen LogP contribution in [0.3, 0.4) is 0 Å². The van der Waals surface area contributed by atoms with Crippen LogP contribution < -0.4 is 10.5 Å². The van der Waals surface area contributed by atoms with Gasteiger partial charge in [-0.3, -0.25) is 0 Å². The first-order valence-electron chi connectivity index (χ1n) is 7.74. The van der Waals surface area contributed by atoms with E-state index in [2.05, 4.69) is 21.9 Å². The molecule has 2 heterocycles. The molecule has 6 heteroatoms. The van der Waals surface area contributed by atoms with Gasteiger partial charge in [0, 0.05) is 12.2 Å². The molecule has 124 valence electrons. The molecule has 5 nitrogen and oxygen atoms in total. The van der Waals surface area contributed by atoms with Crippen LogP contribution in [0, 0.1) is 12.8 Å². The molecule has 0 bridgehead atoms. The SMILES string of the molecule is Cc1nccc(-c2ccc(OCC(C)CC(C)N)c(CF)n2)n1. The third-order valence-corrected chi connectivity index (χ3v) is 3.39. The Morgan fingerprint density at radius 3 is 2.57 bits per heavy atom. The molecule has 0 aromatic carbocycles. The summed E-state index contributed by atoms with van der Waals surface area (Å²) < 4.78 is 19.0. The van der Waals surface area contributed by atoms with Crippen molar-refractivity contribution < 1.29 is 9.13 Å². The molecule has 0 saturated carbocycles. The van der Waals surface area contributed by atoms with Crippen molar-refractivity contribution in [1.82, 2.24) is 15.0 Å². The van der Waals surface area contributed by atoms with E-state index in [1.165, 1.54) is 0 Å². The number of rotatable bonds is 7. The Labute approximate surface area is 136 Å². The van der Waals surface area contributed by atoms with E-state index in [-0.39, 0.29) is 11.7 Å². The Morgan fingerprint density at radius 2 is 1.91 bits per heavy atom. The Morgan fingerprint density at radius 1 is 1.17 bits per heavy atom. The van der Waals surface area contributed by atoms with Gasteiger partial charge in [-0.1, -0.05) is 6.92 Å². The molecule has 0 aliphatic rings. The summed E-state index contributed by atoms with van der Waals surface area (Å²) in [7, 11) is 0. The van der Waals surface area contributed by atoms with Crippen LogP contribution in [0.4, 0.5) is 4.39 Å². The largest absolute Gasteiger partial charge is 0.491 e. The zero-order valence-corrected chi connectivity index (χ0v) is 13.8. The molecule has 0 spiro atoms. The van der Waals surface area contributed by atoms with E-state index in [9.17, 15) is 4.39 Å². The molecule has 23 heavy (non-hydrogen) atoms. The van der Waals surface area contributed by atoms with Crippen molar-refractivity contribution in [1.29, 1.82) is 0 Å². The second kappa shape index (κ2) is 7.97.